The van der Waals surface area contributed by atoms with E-state index in [0.717, 1.165) is 38.2 Å². The van der Waals surface area contributed by atoms with Crippen LogP contribution >= 0.6 is 24.0 Å². The molecule has 3 N–H and O–H groups in total. The summed E-state index contributed by atoms with van der Waals surface area (Å²) in [5.74, 6) is 0.887. The maximum absolute atomic E-state index is 10.5. The first kappa shape index (κ1) is 19.0. The molecular formula is C16H32IN3O. The number of rotatable bonds is 4. The molecule has 2 aliphatic rings. The fourth-order valence-corrected chi connectivity index (χ4v) is 3.35. The van der Waals surface area contributed by atoms with E-state index in [0.29, 0.717) is 12.6 Å². The summed E-state index contributed by atoms with van der Waals surface area (Å²) in [6.45, 7) is 3.50. The Morgan fingerprint density at radius 3 is 2.33 bits per heavy atom. The molecule has 2 saturated carbocycles. The van der Waals surface area contributed by atoms with Crippen LogP contribution in [0.5, 0.6) is 0 Å². The average Bonchev–Trinajstić information content (AvgIpc) is 2.47. The molecule has 0 aliphatic heterocycles. The summed E-state index contributed by atoms with van der Waals surface area (Å²) in [6.07, 6.45) is 11.8. The summed E-state index contributed by atoms with van der Waals surface area (Å²) >= 11 is 0. The number of hydrogen-bond donors (Lipinski definition) is 3. The predicted octanol–water partition coefficient (Wildman–Crippen LogP) is 3.19. The lowest BCUT2D eigenvalue weighted by atomic mass is 9.85. The standard InChI is InChI=1S/C16H31N3O.HI/c1-2-17-15(19-14-9-5-3-6-10-14)18-13-16(20)11-7-4-8-12-16;/h14,20H,2-13H2,1H3,(H2,17,18,19);1H. The smallest absolute Gasteiger partial charge is 0.191 e. The number of aliphatic imine (C=N–C) groups is 1. The zero-order chi connectivity index (χ0) is 14.3. The van der Waals surface area contributed by atoms with Gasteiger partial charge in [0, 0.05) is 12.6 Å². The van der Waals surface area contributed by atoms with Crippen molar-refractivity contribution in [1.29, 1.82) is 0 Å². The Hall–Kier alpha value is -0.0400. The molecule has 0 aromatic heterocycles. The lowest BCUT2D eigenvalue weighted by Crippen LogP contribution is -2.45. The first-order valence-corrected chi connectivity index (χ1v) is 8.49. The molecule has 4 nitrogen and oxygen atoms in total. The highest BCUT2D eigenvalue weighted by atomic mass is 127. The molecule has 0 spiro atoms. The molecule has 0 radical (unpaired) electrons. The maximum Gasteiger partial charge on any atom is 0.191 e. The minimum atomic E-state index is -0.562. The van der Waals surface area contributed by atoms with Gasteiger partial charge in [0.2, 0.25) is 0 Å². The average molecular weight is 409 g/mol. The van der Waals surface area contributed by atoms with E-state index in [9.17, 15) is 5.11 Å². The van der Waals surface area contributed by atoms with Gasteiger partial charge in [-0.3, -0.25) is 4.99 Å². The van der Waals surface area contributed by atoms with Gasteiger partial charge in [-0.05, 0) is 32.6 Å². The third kappa shape index (κ3) is 6.72. The Balaban J connectivity index is 0.00000220. The molecule has 2 rings (SSSR count). The Labute approximate surface area is 146 Å². The number of halogens is 1. The third-order valence-electron chi connectivity index (χ3n) is 4.61. The molecule has 0 heterocycles. The molecule has 0 bridgehead atoms. The first-order valence-electron chi connectivity index (χ1n) is 8.49. The van der Waals surface area contributed by atoms with E-state index in [2.05, 4.69) is 22.5 Å². The second-order valence-electron chi connectivity index (χ2n) is 6.46. The van der Waals surface area contributed by atoms with Crippen molar-refractivity contribution in [2.24, 2.45) is 4.99 Å². The van der Waals surface area contributed by atoms with E-state index in [1.54, 1.807) is 0 Å². The fourth-order valence-electron chi connectivity index (χ4n) is 3.35. The van der Waals surface area contributed by atoms with Crippen molar-refractivity contribution in [3.05, 3.63) is 0 Å². The van der Waals surface area contributed by atoms with E-state index in [4.69, 9.17) is 0 Å². The summed E-state index contributed by atoms with van der Waals surface area (Å²) in [4.78, 5) is 4.65. The van der Waals surface area contributed by atoms with Crippen LogP contribution in [0.15, 0.2) is 4.99 Å². The van der Waals surface area contributed by atoms with Gasteiger partial charge in [0.15, 0.2) is 5.96 Å². The van der Waals surface area contributed by atoms with Crippen LogP contribution in [0.1, 0.15) is 71.1 Å². The van der Waals surface area contributed by atoms with Crippen LogP contribution in [0, 0.1) is 0 Å². The van der Waals surface area contributed by atoms with Crippen LogP contribution in [0.4, 0.5) is 0 Å². The highest BCUT2D eigenvalue weighted by Gasteiger charge is 2.29. The predicted molar refractivity (Wildman–Crippen MR) is 99.4 cm³/mol. The van der Waals surface area contributed by atoms with E-state index in [1.165, 1.54) is 38.5 Å². The van der Waals surface area contributed by atoms with Crippen LogP contribution in [0.25, 0.3) is 0 Å². The van der Waals surface area contributed by atoms with Crippen molar-refractivity contribution in [1.82, 2.24) is 10.6 Å². The fraction of sp³-hybridized carbons (Fsp3) is 0.938. The van der Waals surface area contributed by atoms with Crippen LogP contribution < -0.4 is 10.6 Å². The van der Waals surface area contributed by atoms with E-state index in [-0.39, 0.29) is 24.0 Å². The minimum Gasteiger partial charge on any atom is -0.388 e. The van der Waals surface area contributed by atoms with E-state index < -0.39 is 5.60 Å². The monoisotopic (exact) mass is 409 g/mol. The number of hydrogen-bond acceptors (Lipinski definition) is 2. The minimum absolute atomic E-state index is 0. The molecule has 0 aromatic rings. The molecule has 0 saturated heterocycles. The van der Waals surface area contributed by atoms with Gasteiger partial charge in [0.25, 0.3) is 0 Å². The van der Waals surface area contributed by atoms with Gasteiger partial charge in [-0.1, -0.05) is 38.5 Å². The van der Waals surface area contributed by atoms with Crippen molar-refractivity contribution in [2.45, 2.75) is 82.8 Å². The van der Waals surface area contributed by atoms with Crippen molar-refractivity contribution in [3.8, 4) is 0 Å². The van der Waals surface area contributed by atoms with E-state index >= 15 is 0 Å². The molecule has 0 atom stereocenters. The Bertz CT molecular complexity index is 311. The second kappa shape index (κ2) is 9.87. The molecule has 2 aliphatic carbocycles. The van der Waals surface area contributed by atoms with E-state index in [1.807, 2.05) is 0 Å². The topological polar surface area (TPSA) is 56.7 Å². The summed E-state index contributed by atoms with van der Waals surface area (Å²) in [7, 11) is 0. The van der Waals surface area contributed by atoms with Gasteiger partial charge >= 0.3 is 0 Å². The second-order valence-corrected chi connectivity index (χ2v) is 6.46. The Morgan fingerprint density at radius 1 is 1.10 bits per heavy atom. The molecule has 124 valence electrons. The highest BCUT2D eigenvalue weighted by molar-refractivity contribution is 14.0. The van der Waals surface area contributed by atoms with Crippen molar-refractivity contribution < 1.29 is 5.11 Å². The molecule has 2 fully saturated rings. The van der Waals surface area contributed by atoms with Gasteiger partial charge in [0.1, 0.15) is 0 Å². The summed E-state index contributed by atoms with van der Waals surface area (Å²) < 4.78 is 0. The Morgan fingerprint density at radius 2 is 1.71 bits per heavy atom. The number of aliphatic hydroxyl groups is 1. The van der Waals surface area contributed by atoms with Gasteiger partial charge in [-0.2, -0.15) is 0 Å². The quantitative estimate of drug-likeness (QED) is 0.380. The molecule has 0 unspecified atom stereocenters. The number of guanidine groups is 1. The maximum atomic E-state index is 10.5. The normalized spacial score (nSPS) is 23.2. The lowest BCUT2D eigenvalue weighted by Gasteiger charge is -2.31. The van der Waals surface area contributed by atoms with Gasteiger partial charge in [0.05, 0.1) is 12.1 Å². The van der Waals surface area contributed by atoms with Crippen LogP contribution in [-0.2, 0) is 0 Å². The number of nitrogens with one attached hydrogen (secondary N) is 2. The number of nitrogens with zero attached hydrogens (tertiary/aromatic N) is 1. The lowest BCUT2D eigenvalue weighted by molar-refractivity contribution is 0.0131. The molecule has 5 heteroatoms. The van der Waals surface area contributed by atoms with Gasteiger partial charge < -0.3 is 15.7 Å². The van der Waals surface area contributed by atoms with Crippen molar-refractivity contribution >= 4 is 29.9 Å². The molecule has 21 heavy (non-hydrogen) atoms. The first-order chi connectivity index (χ1) is 9.72. The third-order valence-corrected chi connectivity index (χ3v) is 4.61. The van der Waals surface area contributed by atoms with Crippen LogP contribution in [0.2, 0.25) is 0 Å². The highest BCUT2D eigenvalue weighted by Crippen LogP contribution is 2.28. The summed E-state index contributed by atoms with van der Waals surface area (Å²) in [5.41, 5.74) is -0.562. The molecule has 0 aromatic carbocycles. The molecular weight excluding hydrogens is 377 g/mol. The summed E-state index contributed by atoms with van der Waals surface area (Å²) in [5, 5.41) is 17.4. The zero-order valence-electron chi connectivity index (χ0n) is 13.4. The zero-order valence-corrected chi connectivity index (χ0v) is 15.7. The summed E-state index contributed by atoms with van der Waals surface area (Å²) in [6, 6.07) is 0.558. The van der Waals surface area contributed by atoms with Crippen LogP contribution in [-0.4, -0.2) is 35.8 Å². The van der Waals surface area contributed by atoms with Gasteiger partial charge in [-0.15, -0.1) is 24.0 Å². The van der Waals surface area contributed by atoms with Crippen LogP contribution in [0.3, 0.4) is 0 Å². The Kier molecular flexibility index (Phi) is 8.94. The van der Waals surface area contributed by atoms with Crippen molar-refractivity contribution in [2.75, 3.05) is 13.1 Å². The largest absolute Gasteiger partial charge is 0.388 e. The molecule has 0 amide bonds. The van der Waals surface area contributed by atoms with Gasteiger partial charge in [-0.25, -0.2) is 0 Å². The SMILES string of the molecule is CCNC(=NCC1(O)CCCCC1)NC1CCCCC1.I. The van der Waals surface area contributed by atoms with Crippen molar-refractivity contribution in [3.63, 3.8) is 0 Å².